The highest BCUT2D eigenvalue weighted by Crippen LogP contribution is 2.38. The van der Waals surface area contributed by atoms with Gasteiger partial charge in [-0.2, -0.15) is 0 Å². The van der Waals surface area contributed by atoms with E-state index >= 15 is 0 Å². The average Bonchev–Trinajstić information content (AvgIpc) is 3.20. The number of nitrogens with one attached hydrogen (secondary N) is 1. The van der Waals surface area contributed by atoms with E-state index in [0.29, 0.717) is 12.0 Å². The Balaban J connectivity index is 1.12. The summed E-state index contributed by atoms with van der Waals surface area (Å²) in [5, 5.41) is 16.9. The maximum atomic E-state index is 12.9. The number of carboxylic acid groups (broad SMARTS) is 1. The lowest BCUT2D eigenvalue weighted by Gasteiger charge is -2.45. The van der Waals surface area contributed by atoms with Gasteiger partial charge in [-0.15, -0.1) is 0 Å². The van der Waals surface area contributed by atoms with Gasteiger partial charge in [0.1, 0.15) is 6.10 Å². The Bertz CT molecular complexity index is 686. The van der Waals surface area contributed by atoms with E-state index < -0.39 is 5.97 Å². The molecule has 5 fully saturated rings. The van der Waals surface area contributed by atoms with Gasteiger partial charge in [0, 0.05) is 32.2 Å². The number of likely N-dealkylation sites (tertiary alicyclic amines) is 1. The number of piperidine rings is 2. The Morgan fingerprint density at radius 2 is 1.70 bits per heavy atom. The van der Waals surface area contributed by atoms with Gasteiger partial charge in [-0.25, -0.2) is 14.8 Å². The summed E-state index contributed by atoms with van der Waals surface area (Å²) in [5.74, 6) is -0.426. The molecule has 9 nitrogen and oxygen atoms in total. The lowest BCUT2D eigenvalue weighted by Crippen LogP contribution is -2.59. The summed E-state index contributed by atoms with van der Waals surface area (Å²) in [6.07, 6.45) is 8.15. The SMILES string of the molecule is O=C(O)C1CCN(CCC2CCCC3C2OC(=O)N3N2CCN(C3CCNCC3)CC2)CC1. The Morgan fingerprint density at radius 1 is 0.970 bits per heavy atom. The third kappa shape index (κ3) is 5.16. The minimum Gasteiger partial charge on any atom is -0.481 e. The standard InChI is InChI=1S/C24H41N5O4/c30-23(31)19-7-12-26(13-8-19)11-6-18-2-1-3-21-22(18)33-24(32)29(21)28-16-14-27(15-17-28)20-4-9-25-10-5-20/h18-22,25H,1-17H2,(H,30,31). The number of fused-ring (bicyclic) bond motifs is 1. The van der Waals surface area contributed by atoms with E-state index in [1.54, 1.807) is 0 Å². The number of carbonyl (C=O) groups excluding carboxylic acids is 1. The van der Waals surface area contributed by atoms with E-state index in [4.69, 9.17) is 4.74 Å². The van der Waals surface area contributed by atoms with Gasteiger partial charge in [-0.3, -0.25) is 9.69 Å². The Kier molecular flexibility index (Phi) is 7.39. The third-order valence-electron chi connectivity index (χ3n) is 8.83. The van der Waals surface area contributed by atoms with Crippen LogP contribution in [0.1, 0.15) is 51.4 Å². The predicted octanol–water partition coefficient (Wildman–Crippen LogP) is 1.45. The number of piperazine rings is 1. The number of carboxylic acids is 1. The molecular weight excluding hydrogens is 422 g/mol. The number of rotatable bonds is 6. The number of amides is 1. The summed E-state index contributed by atoms with van der Waals surface area (Å²) < 4.78 is 6.00. The van der Waals surface area contributed by atoms with Gasteiger partial charge < -0.3 is 20.1 Å². The molecule has 1 aliphatic carbocycles. The molecule has 0 aromatic rings. The predicted molar refractivity (Wildman–Crippen MR) is 124 cm³/mol. The molecule has 0 aromatic heterocycles. The lowest BCUT2D eigenvalue weighted by atomic mass is 9.81. The number of aliphatic carboxylic acids is 1. The molecule has 3 unspecified atom stereocenters. The molecule has 0 bridgehead atoms. The first kappa shape index (κ1) is 23.3. The molecule has 3 atom stereocenters. The van der Waals surface area contributed by atoms with Crippen molar-refractivity contribution in [1.29, 1.82) is 0 Å². The van der Waals surface area contributed by atoms with Crippen LogP contribution >= 0.6 is 0 Å². The van der Waals surface area contributed by atoms with Crippen molar-refractivity contribution < 1.29 is 19.4 Å². The van der Waals surface area contributed by atoms with Crippen molar-refractivity contribution in [3.05, 3.63) is 0 Å². The van der Waals surface area contributed by atoms with Crippen LogP contribution in [0.3, 0.4) is 0 Å². The van der Waals surface area contributed by atoms with Crippen LogP contribution in [-0.2, 0) is 9.53 Å². The molecule has 1 amide bonds. The Hall–Kier alpha value is -1.42. The number of hydrogen-bond donors (Lipinski definition) is 2. The molecule has 2 N–H and O–H groups in total. The quantitative estimate of drug-likeness (QED) is 0.612. The zero-order chi connectivity index (χ0) is 22.8. The Morgan fingerprint density at radius 3 is 2.39 bits per heavy atom. The topological polar surface area (TPSA) is 88.6 Å². The van der Waals surface area contributed by atoms with Crippen molar-refractivity contribution in [2.24, 2.45) is 11.8 Å². The van der Waals surface area contributed by atoms with Crippen LogP contribution in [0.5, 0.6) is 0 Å². The van der Waals surface area contributed by atoms with Crippen LogP contribution in [-0.4, -0.2) is 114 Å². The van der Waals surface area contributed by atoms with Crippen molar-refractivity contribution in [3.63, 3.8) is 0 Å². The fourth-order valence-electron chi connectivity index (χ4n) is 6.82. The minimum atomic E-state index is -0.653. The van der Waals surface area contributed by atoms with Gasteiger partial charge in [-0.1, -0.05) is 6.42 Å². The van der Waals surface area contributed by atoms with Crippen molar-refractivity contribution >= 4 is 12.1 Å². The summed E-state index contributed by atoms with van der Waals surface area (Å²) in [6.45, 7) is 8.82. The van der Waals surface area contributed by atoms with E-state index in [-0.39, 0.29) is 24.2 Å². The number of nitrogens with zero attached hydrogens (tertiary/aromatic N) is 4. The summed E-state index contributed by atoms with van der Waals surface area (Å²) >= 11 is 0. The van der Waals surface area contributed by atoms with E-state index in [2.05, 4.69) is 20.1 Å². The zero-order valence-corrected chi connectivity index (χ0v) is 19.9. The minimum absolute atomic E-state index is 0.00487. The van der Waals surface area contributed by atoms with Crippen LogP contribution in [0.25, 0.3) is 0 Å². The second-order valence-corrected chi connectivity index (χ2v) is 10.7. The molecular formula is C24H41N5O4. The maximum absolute atomic E-state index is 12.9. The zero-order valence-electron chi connectivity index (χ0n) is 19.9. The van der Waals surface area contributed by atoms with Crippen molar-refractivity contribution in [2.45, 2.75) is 69.6 Å². The second kappa shape index (κ2) is 10.5. The van der Waals surface area contributed by atoms with Crippen LogP contribution in [0.4, 0.5) is 4.79 Å². The van der Waals surface area contributed by atoms with Crippen molar-refractivity contribution in [2.75, 3.05) is 58.9 Å². The fourth-order valence-corrected chi connectivity index (χ4v) is 6.82. The van der Waals surface area contributed by atoms with Gasteiger partial charge in [0.2, 0.25) is 0 Å². The summed E-state index contributed by atoms with van der Waals surface area (Å²) in [4.78, 5) is 29.2. The highest BCUT2D eigenvalue weighted by Gasteiger charge is 2.50. The molecule has 4 saturated heterocycles. The average molecular weight is 464 g/mol. The molecule has 4 aliphatic heterocycles. The smallest absolute Gasteiger partial charge is 0.425 e. The van der Waals surface area contributed by atoms with Crippen molar-refractivity contribution in [1.82, 2.24) is 25.1 Å². The van der Waals surface area contributed by atoms with Gasteiger partial charge in [0.15, 0.2) is 0 Å². The number of hydrazine groups is 1. The van der Waals surface area contributed by atoms with Gasteiger partial charge in [0.25, 0.3) is 0 Å². The first-order chi connectivity index (χ1) is 16.1. The molecule has 0 aromatic carbocycles. The molecule has 1 saturated carbocycles. The highest BCUT2D eigenvalue weighted by atomic mass is 16.6. The maximum Gasteiger partial charge on any atom is 0.425 e. The summed E-state index contributed by atoms with van der Waals surface area (Å²) in [7, 11) is 0. The van der Waals surface area contributed by atoms with E-state index in [0.717, 1.165) is 97.4 Å². The fraction of sp³-hybridized carbons (Fsp3) is 0.917. The van der Waals surface area contributed by atoms with Crippen LogP contribution in [0.15, 0.2) is 0 Å². The van der Waals surface area contributed by atoms with E-state index in [1.807, 2.05) is 5.01 Å². The molecule has 4 heterocycles. The van der Waals surface area contributed by atoms with E-state index in [1.165, 1.54) is 12.8 Å². The number of carbonyl (C=O) groups is 2. The first-order valence-corrected chi connectivity index (χ1v) is 13.2. The molecule has 186 valence electrons. The monoisotopic (exact) mass is 463 g/mol. The van der Waals surface area contributed by atoms with Gasteiger partial charge in [-0.05, 0) is 83.6 Å². The largest absolute Gasteiger partial charge is 0.481 e. The molecule has 0 radical (unpaired) electrons. The second-order valence-electron chi connectivity index (χ2n) is 10.7. The third-order valence-corrected chi connectivity index (χ3v) is 8.83. The van der Waals surface area contributed by atoms with Gasteiger partial charge >= 0.3 is 12.1 Å². The number of hydrogen-bond acceptors (Lipinski definition) is 7. The highest BCUT2D eigenvalue weighted by molar-refractivity contribution is 5.70. The van der Waals surface area contributed by atoms with E-state index in [9.17, 15) is 14.7 Å². The summed E-state index contributed by atoms with van der Waals surface area (Å²) in [6, 6.07) is 0.866. The molecule has 9 heteroatoms. The Labute approximate surface area is 197 Å². The molecule has 5 rings (SSSR count). The van der Waals surface area contributed by atoms with Crippen molar-refractivity contribution in [3.8, 4) is 0 Å². The lowest BCUT2D eigenvalue weighted by molar-refractivity contribution is -0.143. The normalized spacial score (nSPS) is 33.8. The van der Waals surface area contributed by atoms with Crippen LogP contribution in [0, 0.1) is 11.8 Å². The summed E-state index contributed by atoms with van der Waals surface area (Å²) in [5.41, 5.74) is 0. The number of ether oxygens (including phenoxy) is 1. The van der Waals surface area contributed by atoms with Crippen LogP contribution in [0.2, 0.25) is 0 Å². The molecule has 5 aliphatic rings. The first-order valence-electron chi connectivity index (χ1n) is 13.2. The molecule has 0 spiro atoms. The van der Waals surface area contributed by atoms with Gasteiger partial charge in [0.05, 0.1) is 12.0 Å². The molecule has 33 heavy (non-hydrogen) atoms. The van der Waals surface area contributed by atoms with Crippen LogP contribution < -0.4 is 5.32 Å².